The molecule has 0 aromatic carbocycles. The monoisotopic (exact) mass is 348 g/mol. The van der Waals surface area contributed by atoms with Crippen LogP contribution in [0.4, 0.5) is 0 Å². The van der Waals surface area contributed by atoms with Gasteiger partial charge in [-0.2, -0.15) is 8.42 Å². The van der Waals surface area contributed by atoms with Crippen LogP contribution < -0.4 is 29.6 Å². The molecular formula is C15H33NaO5S. The molecule has 0 aliphatic rings. The second-order valence-corrected chi connectivity index (χ2v) is 5.99. The molecule has 0 saturated heterocycles. The number of ether oxygens (including phenoxy) is 1. The van der Waals surface area contributed by atoms with Crippen molar-refractivity contribution in [3.8, 4) is 0 Å². The number of hydrogen-bond donors (Lipinski definition) is 2. The molecule has 0 bridgehead atoms. The molecule has 0 fully saturated rings. The van der Waals surface area contributed by atoms with Gasteiger partial charge in [0.1, 0.15) is 0 Å². The van der Waals surface area contributed by atoms with Crippen LogP contribution in [0.5, 0.6) is 0 Å². The molecule has 0 amide bonds. The normalized spacial score (nSPS) is 10.5. The van der Waals surface area contributed by atoms with Gasteiger partial charge in [0, 0.05) is 6.61 Å². The van der Waals surface area contributed by atoms with E-state index >= 15 is 0 Å². The van der Waals surface area contributed by atoms with Crippen molar-refractivity contribution < 1.29 is 51.8 Å². The zero-order chi connectivity index (χ0) is 16.4. The topological polar surface area (TPSA) is 83.8 Å². The van der Waals surface area contributed by atoms with Crippen molar-refractivity contribution in [1.29, 1.82) is 0 Å². The van der Waals surface area contributed by atoms with Gasteiger partial charge in [-0.3, -0.25) is 9.11 Å². The molecule has 0 aliphatic carbocycles. The fourth-order valence-corrected chi connectivity index (χ4v) is 1.97. The summed E-state index contributed by atoms with van der Waals surface area (Å²) in [6.07, 6.45) is 15.3. The van der Waals surface area contributed by atoms with E-state index in [-0.39, 0.29) is 29.6 Å². The van der Waals surface area contributed by atoms with Crippen LogP contribution in [0.15, 0.2) is 0 Å². The molecule has 7 heteroatoms. The zero-order valence-electron chi connectivity index (χ0n) is 14.4. The van der Waals surface area contributed by atoms with Crippen LogP contribution in [0, 0.1) is 6.92 Å². The average molecular weight is 348 g/mol. The predicted molar refractivity (Wildman–Crippen MR) is 86.8 cm³/mol. The molecule has 2 N–H and O–H groups in total. The molecule has 22 heavy (non-hydrogen) atoms. The summed E-state index contributed by atoms with van der Waals surface area (Å²) >= 11 is 0. The Morgan fingerprint density at radius 3 is 1.45 bits per heavy atom. The Morgan fingerprint density at radius 1 is 0.818 bits per heavy atom. The van der Waals surface area contributed by atoms with Gasteiger partial charge in [0.25, 0.3) is 0 Å². The van der Waals surface area contributed by atoms with Crippen LogP contribution in [0.2, 0.25) is 0 Å². The first-order valence-electron chi connectivity index (χ1n) is 7.98. The standard InChI is InChI=1S/C15H31O.Na.H2O4S/c1-3-5-6-7-8-9-10-11-12-13-14-15-16-4-2;;1-5(2,3)4/h2-15H2,1H3;;(H2,1,2,3,4)/q-1;+1;. The summed E-state index contributed by atoms with van der Waals surface area (Å²) in [6.45, 7) is 7.45. The zero-order valence-corrected chi connectivity index (χ0v) is 17.2. The summed E-state index contributed by atoms with van der Waals surface area (Å²) in [5, 5.41) is 0. The van der Waals surface area contributed by atoms with Crippen LogP contribution >= 0.6 is 0 Å². The van der Waals surface area contributed by atoms with Gasteiger partial charge < -0.3 is 11.7 Å². The molecule has 0 aliphatic heterocycles. The summed E-state index contributed by atoms with van der Waals surface area (Å²) in [5.41, 5.74) is 0. The maximum atomic E-state index is 8.74. The Morgan fingerprint density at radius 2 is 1.14 bits per heavy atom. The Labute approximate surface area is 159 Å². The third-order valence-electron chi connectivity index (χ3n) is 3.04. The first-order chi connectivity index (χ1) is 9.91. The number of unbranched alkanes of at least 4 members (excludes halogenated alkanes) is 10. The van der Waals surface area contributed by atoms with Gasteiger partial charge in [0.15, 0.2) is 0 Å². The average Bonchev–Trinajstić information content (AvgIpc) is 2.38. The van der Waals surface area contributed by atoms with Crippen molar-refractivity contribution in [2.45, 2.75) is 77.6 Å². The van der Waals surface area contributed by atoms with Crippen molar-refractivity contribution in [3.63, 3.8) is 0 Å². The first kappa shape index (κ1) is 27.7. The van der Waals surface area contributed by atoms with Crippen molar-refractivity contribution in [1.82, 2.24) is 0 Å². The maximum Gasteiger partial charge on any atom is 1.00 e. The molecule has 0 rings (SSSR count). The second kappa shape index (κ2) is 21.8. The van der Waals surface area contributed by atoms with Crippen LogP contribution in [-0.2, 0) is 15.1 Å². The quantitative estimate of drug-likeness (QED) is 0.228. The third-order valence-corrected chi connectivity index (χ3v) is 3.04. The largest absolute Gasteiger partial charge is 1.00 e. The van der Waals surface area contributed by atoms with Crippen LogP contribution in [-0.4, -0.2) is 30.7 Å². The number of rotatable bonds is 13. The van der Waals surface area contributed by atoms with E-state index in [0.717, 1.165) is 6.61 Å². The molecule has 0 aromatic heterocycles. The molecule has 0 saturated carbocycles. The molecule has 0 spiro atoms. The van der Waals surface area contributed by atoms with E-state index in [1.807, 2.05) is 0 Å². The predicted octanol–water partition coefficient (Wildman–Crippen LogP) is 1.50. The molecule has 0 unspecified atom stereocenters. The summed E-state index contributed by atoms with van der Waals surface area (Å²) in [7, 11) is -4.67. The van der Waals surface area contributed by atoms with Crippen molar-refractivity contribution in [2.75, 3.05) is 13.2 Å². The van der Waals surface area contributed by atoms with Crippen LogP contribution in [0.25, 0.3) is 0 Å². The van der Waals surface area contributed by atoms with E-state index < -0.39 is 10.4 Å². The minimum atomic E-state index is -4.67. The molecule has 0 aromatic rings. The van der Waals surface area contributed by atoms with Crippen molar-refractivity contribution in [3.05, 3.63) is 6.92 Å². The number of hydrogen-bond acceptors (Lipinski definition) is 3. The van der Waals surface area contributed by atoms with Gasteiger partial charge in [-0.05, 0) is 6.42 Å². The Hall–Kier alpha value is 0.830. The summed E-state index contributed by atoms with van der Waals surface area (Å²) in [6, 6.07) is 0. The second-order valence-electron chi connectivity index (χ2n) is 5.10. The molecule has 0 radical (unpaired) electrons. The maximum absolute atomic E-state index is 8.74. The van der Waals surface area contributed by atoms with E-state index in [1.165, 1.54) is 70.6 Å². The van der Waals surface area contributed by atoms with Gasteiger partial charge in [-0.25, -0.2) is 0 Å². The van der Waals surface area contributed by atoms with E-state index in [4.69, 9.17) is 22.3 Å². The van der Waals surface area contributed by atoms with Gasteiger partial charge in [0.05, 0.1) is 0 Å². The van der Waals surface area contributed by atoms with E-state index in [9.17, 15) is 0 Å². The first-order valence-corrected chi connectivity index (χ1v) is 9.38. The van der Waals surface area contributed by atoms with Crippen molar-refractivity contribution in [2.24, 2.45) is 0 Å². The Kier molecular flexibility index (Phi) is 27.5. The fourth-order valence-electron chi connectivity index (χ4n) is 1.97. The molecular weight excluding hydrogens is 315 g/mol. The molecule has 5 nitrogen and oxygen atoms in total. The molecule has 0 atom stereocenters. The Bertz CT molecular complexity index is 262. The van der Waals surface area contributed by atoms with E-state index in [2.05, 4.69) is 13.8 Å². The van der Waals surface area contributed by atoms with Gasteiger partial charge >= 0.3 is 40.0 Å². The minimum absolute atomic E-state index is 0. The summed E-state index contributed by atoms with van der Waals surface area (Å²) in [5.74, 6) is 0. The van der Waals surface area contributed by atoms with E-state index in [1.54, 1.807) is 0 Å². The fraction of sp³-hybridized carbons (Fsp3) is 0.933. The van der Waals surface area contributed by atoms with Crippen LogP contribution in [0.3, 0.4) is 0 Å². The SMILES string of the molecule is O=S(=O)(O)O.[CH2-]COCCCCCCCCCCCCC.[Na+]. The minimum Gasteiger partial charge on any atom is -0.413 e. The third kappa shape index (κ3) is 42.8. The van der Waals surface area contributed by atoms with E-state index in [0.29, 0.717) is 6.61 Å². The van der Waals surface area contributed by atoms with Gasteiger partial charge in [-0.1, -0.05) is 77.7 Å². The van der Waals surface area contributed by atoms with Gasteiger partial charge in [-0.15, -0.1) is 0 Å². The smallest absolute Gasteiger partial charge is 0.413 e. The molecule has 0 heterocycles. The summed E-state index contributed by atoms with van der Waals surface area (Å²) in [4.78, 5) is 0. The summed E-state index contributed by atoms with van der Waals surface area (Å²) < 4.78 is 36.8. The van der Waals surface area contributed by atoms with Crippen molar-refractivity contribution >= 4 is 10.4 Å². The Balaban J connectivity index is -0.000000520. The van der Waals surface area contributed by atoms with Gasteiger partial charge in [0.2, 0.25) is 0 Å². The van der Waals surface area contributed by atoms with Crippen LogP contribution in [0.1, 0.15) is 77.6 Å². The molecule has 130 valence electrons.